The highest BCUT2D eigenvalue weighted by atomic mass is 35.5. The van der Waals surface area contributed by atoms with Crippen LogP contribution < -0.4 is 0 Å². The Morgan fingerprint density at radius 3 is 2.53 bits per heavy atom. The monoisotopic (exact) mass is 321 g/mol. The van der Waals surface area contributed by atoms with Gasteiger partial charge in [-0.05, 0) is 25.0 Å². The molecule has 1 aliphatic carbocycles. The molecule has 0 spiro atoms. The van der Waals surface area contributed by atoms with Crippen molar-refractivity contribution in [2.45, 2.75) is 55.2 Å². The minimum Gasteiger partial charge on any atom is -0.206 e. The zero-order valence-electron chi connectivity index (χ0n) is 11.1. The van der Waals surface area contributed by atoms with Gasteiger partial charge in [-0.25, -0.2) is 8.42 Å². The van der Waals surface area contributed by atoms with Crippen LogP contribution in [0.15, 0.2) is 16.3 Å². The van der Waals surface area contributed by atoms with Crippen molar-refractivity contribution < 1.29 is 8.42 Å². The summed E-state index contributed by atoms with van der Waals surface area (Å²) in [6.45, 7) is 2.46. The van der Waals surface area contributed by atoms with E-state index in [2.05, 4.69) is 0 Å². The third-order valence-corrected chi connectivity index (χ3v) is 7.65. The first-order valence-electron chi connectivity index (χ1n) is 6.76. The predicted octanol–water partition coefficient (Wildman–Crippen LogP) is 3.83. The summed E-state index contributed by atoms with van der Waals surface area (Å²) in [6, 6.07) is 3.66. The van der Waals surface area contributed by atoms with E-state index in [0.717, 1.165) is 30.6 Å². The summed E-state index contributed by atoms with van der Waals surface area (Å²) in [7, 11) is -3.35. The van der Waals surface area contributed by atoms with Gasteiger partial charge in [0.15, 0.2) is 0 Å². The Bertz CT molecular complexity index is 506. The molecule has 0 bridgehead atoms. The van der Waals surface area contributed by atoms with Gasteiger partial charge in [0.25, 0.3) is 10.0 Å². The molecule has 1 fully saturated rings. The van der Waals surface area contributed by atoms with Crippen LogP contribution in [-0.2, 0) is 15.9 Å². The predicted molar refractivity (Wildman–Crippen MR) is 80.3 cm³/mol. The molecule has 19 heavy (non-hydrogen) atoms. The van der Waals surface area contributed by atoms with Gasteiger partial charge in [0.1, 0.15) is 4.21 Å². The largest absolute Gasteiger partial charge is 0.252 e. The van der Waals surface area contributed by atoms with Gasteiger partial charge < -0.3 is 0 Å². The maximum absolute atomic E-state index is 12.7. The lowest BCUT2D eigenvalue weighted by molar-refractivity contribution is 0.262. The first kappa shape index (κ1) is 15.3. The molecule has 0 radical (unpaired) electrons. The molecule has 2 rings (SSSR count). The molecule has 0 amide bonds. The highest BCUT2D eigenvalue weighted by Gasteiger charge is 2.31. The Balaban J connectivity index is 2.24. The first-order valence-corrected chi connectivity index (χ1v) is 9.55. The molecular formula is C13H20ClNO2S2. The smallest absolute Gasteiger partial charge is 0.206 e. The number of alkyl halides is 1. The van der Waals surface area contributed by atoms with Crippen molar-refractivity contribution in [2.75, 3.05) is 6.54 Å². The van der Waals surface area contributed by atoms with Gasteiger partial charge in [0.05, 0.1) is 5.88 Å². The van der Waals surface area contributed by atoms with E-state index in [-0.39, 0.29) is 6.04 Å². The average Bonchev–Trinajstić information content (AvgIpc) is 2.90. The molecule has 0 saturated heterocycles. The summed E-state index contributed by atoms with van der Waals surface area (Å²) >= 11 is 7.04. The summed E-state index contributed by atoms with van der Waals surface area (Å²) in [6.07, 6.45) is 5.47. The molecule has 1 aromatic heterocycles. The van der Waals surface area contributed by atoms with Crippen LogP contribution >= 0.6 is 22.9 Å². The van der Waals surface area contributed by atoms with Gasteiger partial charge in [-0.3, -0.25) is 0 Å². The van der Waals surface area contributed by atoms with E-state index < -0.39 is 10.0 Å². The molecule has 108 valence electrons. The molecule has 0 atom stereocenters. The van der Waals surface area contributed by atoms with Crippen LogP contribution in [0.3, 0.4) is 0 Å². The van der Waals surface area contributed by atoms with Gasteiger partial charge in [-0.2, -0.15) is 4.31 Å². The van der Waals surface area contributed by atoms with E-state index in [0.29, 0.717) is 16.6 Å². The Hall–Kier alpha value is -0.100. The van der Waals surface area contributed by atoms with Gasteiger partial charge in [-0.15, -0.1) is 22.9 Å². The van der Waals surface area contributed by atoms with Crippen LogP contribution in [0, 0.1) is 0 Å². The van der Waals surface area contributed by atoms with E-state index in [9.17, 15) is 8.42 Å². The number of sulfonamides is 1. The van der Waals surface area contributed by atoms with E-state index in [1.54, 1.807) is 16.4 Å². The SMILES string of the molecule is CCN(C1CCCCC1)S(=O)(=O)c1ccc(CCl)s1. The number of halogens is 1. The number of hydrogen-bond donors (Lipinski definition) is 0. The van der Waals surface area contributed by atoms with Crippen molar-refractivity contribution in [3.63, 3.8) is 0 Å². The number of thiophene rings is 1. The second-order valence-corrected chi connectivity index (χ2v) is 8.41. The molecule has 0 aromatic carbocycles. The fourth-order valence-electron chi connectivity index (χ4n) is 2.68. The number of hydrogen-bond acceptors (Lipinski definition) is 3. The minimum atomic E-state index is -3.35. The fraction of sp³-hybridized carbons (Fsp3) is 0.692. The van der Waals surface area contributed by atoms with Crippen molar-refractivity contribution in [3.05, 3.63) is 17.0 Å². The third-order valence-electron chi connectivity index (χ3n) is 3.63. The molecule has 1 saturated carbocycles. The molecule has 1 heterocycles. The van der Waals surface area contributed by atoms with E-state index in [1.807, 2.05) is 6.92 Å². The molecular weight excluding hydrogens is 302 g/mol. The summed E-state index contributed by atoms with van der Waals surface area (Å²) in [5.41, 5.74) is 0. The zero-order valence-corrected chi connectivity index (χ0v) is 13.5. The highest BCUT2D eigenvalue weighted by molar-refractivity contribution is 7.91. The van der Waals surface area contributed by atoms with Crippen molar-refractivity contribution >= 4 is 33.0 Å². The molecule has 6 heteroatoms. The van der Waals surface area contributed by atoms with Crippen molar-refractivity contribution in [2.24, 2.45) is 0 Å². The maximum atomic E-state index is 12.7. The Labute approximate surface area is 124 Å². The lowest BCUT2D eigenvalue weighted by Gasteiger charge is -2.32. The van der Waals surface area contributed by atoms with Gasteiger partial charge >= 0.3 is 0 Å². The Morgan fingerprint density at radius 2 is 2.00 bits per heavy atom. The normalized spacial score (nSPS) is 18.1. The van der Waals surface area contributed by atoms with Crippen LogP contribution in [0.4, 0.5) is 0 Å². The highest BCUT2D eigenvalue weighted by Crippen LogP contribution is 2.31. The Kier molecular flexibility index (Phi) is 5.29. The standard InChI is InChI=1S/C13H20ClNO2S2/c1-2-15(11-6-4-3-5-7-11)19(16,17)13-9-8-12(10-14)18-13/h8-9,11H,2-7,10H2,1H3. The summed E-state index contributed by atoms with van der Waals surface area (Å²) in [5, 5.41) is 0. The quantitative estimate of drug-likeness (QED) is 0.773. The lowest BCUT2D eigenvalue weighted by Crippen LogP contribution is -2.40. The van der Waals surface area contributed by atoms with Crippen LogP contribution in [0.5, 0.6) is 0 Å². The van der Waals surface area contributed by atoms with Crippen molar-refractivity contribution in [3.8, 4) is 0 Å². The van der Waals surface area contributed by atoms with Crippen molar-refractivity contribution in [1.29, 1.82) is 0 Å². The summed E-state index contributed by atoms with van der Waals surface area (Å²) in [4.78, 5) is 0.903. The zero-order chi connectivity index (χ0) is 13.9. The third kappa shape index (κ3) is 3.32. The maximum Gasteiger partial charge on any atom is 0.252 e. The molecule has 0 unspecified atom stereocenters. The summed E-state index contributed by atoms with van der Waals surface area (Å²) < 4.78 is 27.5. The molecule has 0 N–H and O–H groups in total. The van der Waals surface area contributed by atoms with Gasteiger partial charge in [0.2, 0.25) is 0 Å². The molecule has 0 aliphatic heterocycles. The van der Waals surface area contributed by atoms with E-state index >= 15 is 0 Å². The number of rotatable bonds is 5. The lowest BCUT2D eigenvalue weighted by atomic mass is 9.95. The fourth-order valence-corrected chi connectivity index (χ4v) is 5.96. The van der Waals surface area contributed by atoms with Crippen LogP contribution in [-0.4, -0.2) is 25.3 Å². The first-order chi connectivity index (χ1) is 9.09. The van der Waals surface area contributed by atoms with Crippen LogP contribution in [0.25, 0.3) is 0 Å². The molecule has 3 nitrogen and oxygen atoms in total. The number of nitrogens with zero attached hydrogens (tertiary/aromatic N) is 1. The minimum absolute atomic E-state index is 0.172. The second kappa shape index (κ2) is 6.57. The molecule has 1 aliphatic rings. The van der Waals surface area contributed by atoms with Crippen molar-refractivity contribution in [1.82, 2.24) is 4.31 Å². The van der Waals surface area contributed by atoms with Gasteiger partial charge in [-0.1, -0.05) is 26.2 Å². The van der Waals surface area contributed by atoms with Crippen LogP contribution in [0.2, 0.25) is 0 Å². The van der Waals surface area contributed by atoms with E-state index in [1.165, 1.54) is 17.8 Å². The molecule has 1 aromatic rings. The second-order valence-electron chi connectivity index (χ2n) is 4.85. The average molecular weight is 322 g/mol. The van der Waals surface area contributed by atoms with Crippen LogP contribution in [0.1, 0.15) is 43.9 Å². The van der Waals surface area contributed by atoms with Gasteiger partial charge in [0, 0.05) is 17.5 Å². The summed E-state index contributed by atoms with van der Waals surface area (Å²) in [5.74, 6) is 0.371. The van der Waals surface area contributed by atoms with E-state index in [4.69, 9.17) is 11.6 Å². The Morgan fingerprint density at radius 1 is 1.32 bits per heavy atom. The topological polar surface area (TPSA) is 37.4 Å².